The van der Waals surface area contributed by atoms with Gasteiger partial charge in [0.2, 0.25) is 0 Å². The van der Waals surface area contributed by atoms with Crippen LogP contribution in [-0.4, -0.2) is 24.3 Å². The maximum Gasteiger partial charge on any atom is 0.316 e. The third-order valence-electron chi connectivity index (χ3n) is 6.45. The minimum Gasteiger partial charge on any atom is -0.493 e. The van der Waals surface area contributed by atoms with E-state index in [-0.39, 0.29) is 23.1 Å². The summed E-state index contributed by atoms with van der Waals surface area (Å²) in [5.41, 5.74) is 0.699. The van der Waals surface area contributed by atoms with Gasteiger partial charge in [-0.05, 0) is 101 Å². The van der Waals surface area contributed by atoms with Crippen LogP contribution in [0.5, 0.6) is 17.2 Å². The van der Waals surface area contributed by atoms with Gasteiger partial charge in [0.15, 0.2) is 5.78 Å². The number of hydrogen-bond acceptors (Lipinski definition) is 6. The minimum atomic E-state index is -0.694. The molecule has 0 heterocycles. The number of carbonyl (C=O) groups excluding carboxylic acids is 3. The van der Waals surface area contributed by atoms with Crippen molar-refractivity contribution in [1.29, 1.82) is 0 Å². The highest BCUT2D eigenvalue weighted by atomic mass is 16.5. The highest BCUT2D eigenvalue weighted by Gasteiger charge is 2.35. The Kier molecular flexibility index (Phi) is 10.6. The van der Waals surface area contributed by atoms with E-state index in [0.717, 1.165) is 23.1 Å². The van der Waals surface area contributed by atoms with Crippen molar-refractivity contribution in [2.24, 2.45) is 10.8 Å². The van der Waals surface area contributed by atoms with E-state index in [9.17, 15) is 14.4 Å². The molecule has 6 heteroatoms. The summed E-state index contributed by atoms with van der Waals surface area (Å²) in [4.78, 5) is 38.6. The lowest BCUT2D eigenvalue weighted by atomic mass is 9.77. The molecule has 2 aromatic carbocycles. The molecule has 0 aromatic heterocycles. The van der Waals surface area contributed by atoms with Crippen LogP contribution in [0.2, 0.25) is 0 Å². The van der Waals surface area contributed by atoms with Gasteiger partial charge in [0, 0.05) is 22.3 Å². The molecule has 6 nitrogen and oxygen atoms in total. The van der Waals surface area contributed by atoms with Crippen molar-refractivity contribution in [2.45, 2.75) is 107 Å². The third kappa shape index (κ3) is 9.04. The van der Waals surface area contributed by atoms with Crippen LogP contribution >= 0.6 is 0 Å². The first kappa shape index (κ1) is 34.8. The molecule has 0 aliphatic carbocycles. The zero-order chi connectivity index (χ0) is 32.3. The van der Waals surface area contributed by atoms with Gasteiger partial charge in [-0.1, -0.05) is 48.5 Å². The van der Waals surface area contributed by atoms with Crippen LogP contribution in [0.3, 0.4) is 0 Å². The van der Waals surface area contributed by atoms with Gasteiger partial charge in [0.05, 0.1) is 17.4 Å². The van der Waals surface area contributed by atoms with Crippen LogP contribution in [0, 0.1) is 10.8 Å². The summed E-state index contributed by atoms with van der Waals surface area (Å²) in [6.45, 7) is 25.8. The summed E-state index contributed by atoms with van der Waals surface area (Å²) in [6, 6.07) is 8.48. The lowest BCUT2D eigenvalue weighted by Crippen LogP contribution is -2.29. The number of hydrogen-bond donors (Lipinski definition) is 0. The second-order valence-electron chi connectivity index (χ2n) is 14.9. The Bertz CT molecular complexity index is 1320. The molecular weight excluding hydrogens is 528 g/mol. The first-order valence-corrected chi connectivity index (χ1v) is 14.7. The Hall–Kier alpha value is -3.41. The summed E-state index contributed by atoms with van der Waals surface area (Å²) in [5, 5.41) is 0. The average Bonchev–Trinajstić information content (AvgIpc) is 2.84. The summed E-state index contributed by atoms with van der Waals surface area (Å²) in [7, 11) is 0. The van der Waals surface area contributed by atoms with Gasteiger partial charge in [-0.25, -0.2) is 0 Å². The van der Waals surface area contributed by atoms with Crippen LogP contribution in [0.15, 0.2) is 36.4 Å². The molecule has 0 aliphatic heterocycles. The maximum atomic E-state index is 13.2. The van der Waals surface area contributed by atoms with E-state index in [4.69, 9.17) is 14.2 Å². The van der Waals surface area contributed by atoms with Crippen molar-refractivity contribution in [3.63, 3.8) is 0 Å². The molecule has 230 valence electrons. The fourth-order valence-corrected chi connectivity index (χ4v) is 3.95. The first-order valence-electron chi connectivity index (χ1n) is 14.7. The minimum absolute atomic E-state index is 0.206. The quantitative estimate of drug-likeness (QED) is 0.135. The molecule has 42 heavy (non-hydrogen) atoms. The smallest absolute Gasteiger partial charge is 0.316 e. The standard InChI is InChI=1S/C36H50O6/c1-14-21-40-29-24(17-20-27(37)23-15-18-25(19-16-23)41-31(38)35(8,9)10)22-26(33(2,3)4)30(28(29)34(5,6)7)42-32(39)36(11,12)13/h15-20,22H,14,21H2,1-13H3. The van der Waals surface area contributed by atoms with Gasteiger partial charge in [-0.15, -0.1) is 0 Å². The molecule has 0 atom stereocenters. The van der Waals surface area contributed by atoms with E-state index in [1.807, 2.05) is 33.8 Å². The van der Waals surface area contributed by atoms with Crippen molar-refractivity contribution >= 4 is 23.8 Å². The van der Waals surface area contributed by atoms with Gasteiger partial charge < -0.3 is 14.2 Å². The Morgan fingerprint density at radius 3 is 1.69 bits per heavy atom. The molecule has 2 rings (SSSR count). The van der Waals surface area contributed by atoms with Crippen molar-refractivity contribution < 1.29 is 28.6 Å². The molecule has 0 spiro atoms. The van der Waals surface area contributed by atoms with E-state index in [0.29, 0.717) is 29.4 Å². The van der Waals surface area contributed by atoms with E-state index in [2.05, 4.69) is 41.5 Å². The first-order chi connectivity index (χ1) is 19.1. The average molecular weight is 579 g/mol. The Morgan fingerprint density at radius 1 is 0.714 bits per heavy atom. The van der Waals surface area contributed by atoms with Gasteiger partial charge in [-0.3, -0.25) is 14.4 Å². The SMILES string of the molecule is CCCOc1c(C=CC(=O)c2ccc(OC(=O)C(C)(C)C)cc2)cc(C(C)(C)C)c(OC(=O)C(C)(C)C)c1C(C)(C)C. The van der Waals surface area contributed by atoms with Gasteiger partial charge in [-0.2, -0.15) is 0 Å². The number of carbonyl (C=O) groups is 3. The highest BCUT2D eigenvalue weighted by molar-refractivity contribution is 6.07. The number of ketones is 1. The number of ether oxygens (including phenoxy) is 3. The fraction of sp³-hybridized carbons (Fsp3) is 0.528. The highest BCUT2D eigenvalue weighted by Crippen LogP contribution is 2.48. The number of allylic oxidation sites excluding steroid dienone is 1. The van der Waals surface area contributed by atoms with E-state index >= 15 is 0 Å². The number of benzene rings is 2. The molecule has 2 aromatic rings. The second kappa shape index (κ2) is 12.8. The predicted molar refractivity (Wildman–Crippen MR) is 170 cm³/mol. The molecule has 0 bridgehead atoms. The summed E-state index contributed by atoms with van der Waals surface area (Å²) >= 11 is 0. The largest absolute Gasteiger partial charge is 0.493 e. The molecular formula is C36H50O6. The molecule has 0 fully saturated rings. The van der Waals surface area contributed by atoms with Gasteiger partial charge in [0.1, 0.15) is 17.2 Å². The van der Waals surface area contributed by atoms with Gasteiger partial charge in [0.25, 0.3) is 0 Å². The molecule has 0 aliphatic rings. The number of esters is 2. The molecule has 0 unspecified atom stereocenters. The van der Waals surface area contributed by atoms with Crippen LogP contribution in [0.1, 0.15) is 123 Å². The summed E-state index contributed by atoms with van der Waals surface area (Å²) in [5.74, 6) is 0.628. The van der Waals surface area contributed by atoms with Crippen LogP contribution in [0.25, 0.3) is 6.08 Å². The lowest BCUT2D eigenvalue weighted by molar-refractivity contribution is -0.143. The Labute approximate surface area is 252 Å². The van der Waals surface area contributed by atoms with E-state index < -0.39 is 16.2 Å². The lowest BCUT2D eigenvalue weighted by Gasteiger charge is -2.33. The zero-order valence-corrected chi connectivity index (χ0v) is 27.9. The fourth-order valence-electron chi connectivity index (χ4n) is 3.95. The Balaban J connectivity index is 2.66. The van der Waals surface area contributed by atoms with Crippen molar-refractivity contribution in [1.82, 2.24) is 0 Å². The summed E-state index contributed by atoms with van der Waals surface area (Å²) < 4.78 is 17.9. The molecule has 0 N–H and O–H groups in total. The van der Waals surface area contributed by atoms with Gasteiger partial charge >= 0.3 is 11.9 Å². The predicted octanol–water partition coefficient (Wildman–Crippen LogP) is 8.87. The van der Waals surface area contributed by atoms with E-state index in [1.54, 1.807) is 51.1 Å². The molecule has 0 saturated heterocycles. The van der Waals surface area contributed by atoms with Crippen molar-refractivity contribution in [2.75, 3.05) is 6.61 Å². The number of rotatable bonds is 8. The normalized spacial score (nSPS) is 12.8. The maximum absolute atomic E-state index is 13.2. The molecule has 0 amide bonds. The van der Waals surface area contributed by atoms with Crippen LogP contribution in [0.4, 0.5) is 0 Å². The third-order valence-corrected chi connectivity index (χ3v) is 6.45. The second-order valence-corrected chi connectivity index (χ2v) is 14.9. The zero-order valence-electron chi connectivity index (χ0n) is 27.9. The van der Waals surface area contributed by atoms with Crippen molar-refractivity contribution in [3.8, 4) is 17.2 Å². The van der Waals surface area contributed by atoms with Crippen LogP contribution in [-0.2, 0) is 20.4 Å². The Morgan fingerprint density at radius 2 is 1.24 bits per heavy atom. The van der Waals surface area contributed by atoms with Crippen molar-refractivity contribution in [3.05, 3.63) is 58.7 Å². The molecule has 0 saturated carbocycles. The molecule has 0 radical (unpaired) electrons. The monoisotopic (exact) mass is 578 g/mol. The van der Waals surface area contributed by atoms with E-state index in [1.165, 1.54) is 6.08 Å². The summed E-state index contributed by atoms with van der Waals surface area (Å²) in [6.07, 6.45) is 4.07. The van der Waals surface area contributed by atoms with Crippen LogP contribution < -0.4 is 14.2 Å². The topological polar surface area (TPSA) is 78.9 Å².